The summed E-state index contributed by atoms with van der Waals surface area (Å²) < 4.78 is 13.1. The first-order chi connectivity index (χ1) is 10.2. The number of rotatable bonds is 8. The molecule has 1 heterocycles. The largest absolute Gasteiger partial charge is 0.314 e. The lowest BCUT2D eigenvalue weighted by molar-refractivity contribution is 0.477. The lowest BCUT2D eigenvalue weighted by Crippen LogP contribution is -2.32. The van der Waals surface area contributed by atoms with Crippen molar-refractivity contribution in [2.45, 2.75) is 38.6 Å². The molecule has 2 rings (SSSR count). The third kappa shape index (κ3) is 5.42. The minimum atomic E-state index is -0.278. The Bertz CT molecular complexity index is 542. The van der Waals surface area contributed by atoms with Crippen LogP contribution in [0.1, 0.15) is 30.9 Å². The molecule has 2 aromatic rings. The van der Waals surface area contributed by atoms with Gasteiger partial charge in [0.1, 0.15) is 5.82 Å². The molecular weight excluding hydrogens is 305 g/mol. The lowest BCUT2D eigenvalue weighted by Gasteiger charge is -2.19. The average Bonchev–Trinajstić information content (AvgIpc) is 2.97. The predicted octanol–water partition coefficient (Wildman–Crippen LogP) is 5.08. The van der Waals surface area contributed by atoms with Crippen LogP contribution in [0, 0.1) is 5.82 Å². The Balaban J connectivity index is 1.97. The highest BCUT2D eigenvalue weighted by atomic mass is 35.5. The fourth-order valence-electron chi connectivity index (χ4n) is 2.35. The van der Waals surface area contributed by atoms with Crippen molar-refractivity contribution in [3.05, 3.63) is 57.0 Å². The topological polar surface area (TPSA) is 12.0 Å². The second-order valence-electron chi connectivity index (χ2n) is 5.26. The average molecular weight is 326 g/mol. The van der Waals surface area contributed by atoms with Crippen LogP contribution in [0.2, 0.25) is 5.02 Å². The highest BCUT2D eigenvalue weighted by Crippen LogP contribution is 2.20. The quantitative estimate of drug-likeness (QED) is 0.713. The van der Waals surface area contributed by atoms with Gasteiger partial charge in [-0.25, -0.2) is 4.39 Å². The van der Waals surface area contributed by atoms with E-state index in [0.717, 1.165) is 37.8 Å². The summed E-state index contributed by atoms with van der Waals surface area (Å²) in [6.45, 7) is 3.15. The number of hydrogen-bond donors (Lipinski definition) is 1. The van der Waals surface area contributed by atoms with E-state index in [0.29, 0.717) is 11.1 Å². The molecule has 0 bridgehead atoms. The van der Waals surface area contributed by atoms with Gasteiger partial charge in [-0.1, -0.05) is 24.6 Å². The molecule has 1 nitrogen and oxygen atoms in total. The van der Waals surface area contributed by atoms with Gasteiger partial charge in [-0.2, -0.15) is 11.3 Å². The fourth-order valence-corrected chi connectivity index (χ4v) is 3.30. The molecule has 0 fully saturated rings. The molecule has 4 heteroatoms. The van der Waals surface area contributed by atoms with E-state index in [1.54, 1.807) is 17.4 Å². The first-order valence-electron chi connectivity index (χ1n) is 7.37. The van der Waals surface area contributed by atoms with Gasteiger partial charge in [0.15, 0.2) is 0 Å². The smallest absolute Gasteiger partial charge is 0.124 e. The summed E-state index contributed by atoms with van der Waals surface area (Å²) in [4.78, 5) is 0. The molecule has 1 aromatic heterocycles. The van der Waals surface area contributed by atoms with E-state index in [2.05, 4.69) is 29.1 Å². The van der Waals surface area contributed by atoms with E-state index in [4.69, 9.17) is 11.6 Å². The summed E-state index contributed by atoms with van der Waals surface area (Å²) in [5.74, 6) is -0.278. The maximum atomic E-state index is 13.1. The van der Waals surface area contributed by atoms with Crippen molar-refractivity contribution in [1.82, 2.24) is 5.32 Å². The zero-order chi connectivity index (χ0) is 15.1. The number of nitrogens with one attached hydrogen (secondary N) is 1. The van der Waals surface area contributed by atoms with E-state index in [-0.39, 0.29) is 5.82 Å². The molecular formula is C17H21ClFNS. The predicted molar refractivity (Wildman–Crippen MR) is 89.8 cm³/mol. The van der Waals surface area contributed by atoms with Crippen LogP contribution in [0.25, 0.3) is 0 Å². The van der Waals surface area contributed by atoms with Crippen LogP contribution < -0.4 is 5.32 Å². The first kappa shape index (κ1) is 16.5. The molecule has 0 aliphatic heterocycles. The molecule has 0 saturated heterocycles. The Kier molecular flexibility index (Phi) is 6.68. The lowest BCUT2D eigenvalue weighted by atomic mass is 9.99. The molecule has 0 spiro atoms. The van der Waals surface area contributed by atoms with E-state index in [9.17, 15) is 4.39 Å². The molecule has 0 aliphatic rings. The van der Waals surface area contributed by atoms with Gasteiger partial charge in [-0.15, -0.1) is 0 Å². The van der Waals surface area contributed by atoms with Crippen LogP contribution in [0.3, 0.4) is 0 Å². The van der Waals surface area contributed by atoms with Crippen LogP contribution in [0.15, 0.2) is 35.0 Å². The number of benzene rings is 1. The third-order valence-electron chi connectivity index (χ3n) is 3.53. The van der Waals surface area contributed by atoms with Crippen LogP contribution >= 0.6 is 22.9 Å². The summed E-state index contributed by atoms with van der Waals surface area (Å²) in [5.41, 5.74) is 2.39. The van der Waals surface area contributed by atoms with Gasteiger partial charge in [0.25, 0.3) is 0 Å². The minimum absolute atomic E-state index is 0.278. The molecule has 1 N–H and O–H groups in total. The van der Waals surface area contributed by atoms with Crippen molar-refractivity contribution in [3.8, 4) is 0 Å². The van der Waals surface area contributed by atoms with Crippen LogP contribution in [0.4, 0.5) is 4.39 Å². The maximum Gasteiger partial charge on any atom is 0.124 e. The Morgan fingerprint density at radius 1 is 1.33 bits per heavy atom. The van der Waals surface area contributed by atoms with Crippen molar-refractivity contribution >= 4 is 22.9 Å². The van der Waals surface area contributed by atoms with Crippen molar-refractivity contribution in [2.75, 3.05) is 6.54 Å². The van der Waals surface area contributed by atoms with Crippen LogP contribution in [0.5, 0.6) is 0 Å². The van der Waals surface area contributed by atoms with Crippen molar-refractivity contribution in [3.63, 3.8) is 0 Å². The summed E-state index contributed by atoms with van der Waals surface area (Å²) >= 11 is 7.88. The summed E-state index contributed by atoms with van der Waals surface area (Å²) in [6, 6.07) is 7.21. The monoisotopic (exact) mass is 325 g/mol. The third-order valence-corrected chi connectivity index (χ3v) is 4.61. The normalized spacial score (nSPS) is 12.5. The zero-order valence-electron chi connectivity index (χ0n) is 12.2. The SMILES string of the molecule is CCCNC(CCc1ccsc1)Cc1ccc(F)cc1Cl. The Hall–Kier alpha value is -0.900. The second kappa shape index (κ2) is 8.52. The van der Waals surface area contributed by atoms with E-state index < -0.39 is 0 Å². The van der Waals surface area contributed by atoms with Crippen molar-refractivity contribution < 1.29 is 4.39 Å². The van der Waals surface area contributed by atoms with Gasteiger partial charge < -0.3 is 5.32 Å². The van der Waals surface area contributed by atoms with Crippen molar-refractivity contribution in [2.24, 2.45) is 0 Å². The number of thiophene rings is 1. The molecule has 1 atom stereocenters. The molecule has 21 heavy (non-hydrogen) atoms. The highest BCUT2D eigenvalue weighted by Gasteiger charge is 2.12. The zero-order valence-corrected chi connectivity index (χ0v) is 13.8. The minimum Gasteiger partial charge on any atom is -0.314 e. The number of aryl methyl sites for hydroxylation is 1. The molecule has 114 valence electrons. The Morgan fingerprint density at radius 3 is 2.86 bits per heavy atom. The summed E-state index contributed by atoms with van der Waals surface area (Å²) in [5, 5.41) is 8.40. The van der Waals surface area contributed by atoms with Gasteiger partial charge in [-0.05, 0) is 72.3 Å². The van der Waals surface area contributed by atoms with Crippen LogP contribution in [-0.4, -0.2) is 12.6 Å². The fraction of sp³-hybridized carbons (Fsp3) is 0.412. The molecule has 0 radical (unpaired) electrons. The van der Waals surface area contributed by atoms with Gasteiger partial charge in [0, 0.05) is 11.1 Å². The van der Waals surface area contributed by atoms with Gasteiger partial charge in [-0.3, -0.25) is 0 Å². The van der Waals surface area contributed by atoms with Gasteiger partial charge in [0.05, 0.1) is 0 Å². The summed E-state index contributed by atoms with van der Waals surface area (Å²) in [7, 11) is 0. The molecule has 0 aliphatic carbocycles. The number of halogens is 2. The van der Waals surface area contributed by atoms with E-state index in [1.807, 2.05) is 0 Å². The molecule has 0 amide bonds. The maximum absolute atomic E-state index is 13.1. The van der Waals surface area contributed by atoms with E-state index in [1.165, 1.54) is 17.7 Å². The highest BCUT2D eigenvalue weighted by molar-refractivity contribution is 7.07. The van der Waals surface area contributed by atoms with Crippen LogP contribution in [-0.2, 0) is 12.8 Å². The molecule has 0 saturated carbocycles. The molecule has 1 unspecified atom stereocenters. The van der Waals surface area contributed by atoms with Crippen molar-refractivity contribution in [1.29, 1.82) is 0 Å². The summed E-state index contributed by atoms with van der Waals surface area (Å²) in [6.07, 6.45) is 4.06. The van der Waals surface area contributed by atoms with E-state index >= 15 is 0 Å². The number of hydrogen-bond acceptors (Lipinski definition) is 2. The standard InChI is InChI=1S/C17H21ClFNS/c1-2-8-20-16(6-3-13-7-9-21-12-13)10-14-4-5-15(19)11-17(14)18/h4-5,7,9,11-12,16,20H,2-3,6,8,10H2,1H3. The Labute approximate surface area is 135 Å². The second-order valence-corrected chi connectivity index (χ2v) is 6.45. The molecule has 1 aromatic carbocycles. The Morgan fingerprint density at radius 2 is 2.19 bits per heavy atom. The van der Waals surface area contributed by atoms with Gasteiger partial charge in [0.2, 0.25) is 0 Å². The first-order valence-corrected chi connectivity index (χ1v) is 8.69. The van der Waals surface area contributed by atoms with Gasteiger partial charge >= 0.3 is 0 Å².